The number of fused-ring (bicyclic) bond motifs is 1. The molecular formula is C16H12OS. The molecule has 0 saturated heterocycles. The molecule has 0 saturated carbocycles. The zero-order valence-electron chi connectivity index (χ0n) is 10.0. The molecule has 0 aliphatic carbocycles. The van der Waals surface area contributed by atoms with E-state index in [1.807, 2.05) is 61.5 Å². The Kier molecular flexibility index (Phi) is 2.73. The van der Waals surface area contributed by atoms with Crippen molar-refractivity contribution in [3.8, 4) is 10.4 Å². The highest BCUT2D eigenvalue weighted by Crippen LogP contribution is 2.30. The van der Waals surface area contributed by atoms with Crippen LogP contribution in [0.5, 0.6) is 0 Å². The van der Waals surface area contributed by atoms with Gasteiger partial charge in [0.15, 0.2) is 5.43 Å². The van der Waals surface area contributed by atoms with Gasteiger partial charge < -0.3 is 0 Å². The second-order valence-corrected chi connectivity index (χ2v) is 5.30. The summed E-state index contributed by atoms with van der Waals surface area (Å²) in [6.45, 7) is 1.91. The van der Waals surface area contributed by atoms with Crippen LogP contribution in [0.4, 0.5) is 0 Å². The highest BCUT2D eigenvalue weighted by Gasteiger charge is 2.09. The quantitative estimate of drug-likeness (QED) is 0.633. The summed E-state index contributed by atoms with van der Waals surface area (Å²) in [7, 11) is 0. The maximum absolute atomic E-state index is 12.3. The first kappa shape index (κ1) is 11.2. The van der Waals surface area contributed by atoms with Crippen molar-refractivity contribution in [1.29, 1.82) is 0 Å². The summed E-state index contributed by atoms with van der Waals surface area (Å²) in [6, 6.07) is 17.9. The summed E-state index contributed by atoms with van der Waals surface area (Å²) in [5.74, 6) is 0. The van der Waals surface area contributed by atoms with E-state index < -0.39 is 0 Å². The summed E-state index contributed by atoms with van der Waals surface area (Å²) in [5, 5.41) is 0.819. The Labute approximate surface area is 109 Å². The summed E-state index contributed by atoms with van der Waals surface area (Å²) in [5.41, 5.74) is 2.09. The van der Waals surface area contributed by atoms with Gasteiger partial charge in [0, 0.05) is 20.5 Å². The van der Waals surface area contributed by atoms with E-state index in [0.29, 0.717) is 0 Å². The zero-order chi connectivity index (χ0) is 12.5. The molecule has 2 heteroatoms. The van der Waals surface area contributed by atoms with E-state index in [1.54, 1.807) is 11.3 Å². The Morgan fingerprint density at radius 1 is 0.889 bits per heavy atom. The molecule has 0 aliphatic rings. The van der Waals surface area contributed by atoms with Gasteiger partial charge in [-0.2, -0.15) is 0 Å². The molecule has 0 aliphatic heterocycles. The van der Waals surface area contributed by atoms with Crippen molar-refractivity contribution in [2.24, 2.45) is 0 Å². The molecule has 1 aromatic heterocycles. The molecule has 0 radical (unpaired) electrons. The van der Waals surface area contributed by atoms with Gasteiger partial charge in [-0.05, 0) is 24.6 Å². The highest BCUT2D eigenvalue weighted by atomic mass is 32.1. The third-order valence-electron chi connectivity index (χ3n) is 3.06. The fraction of sp³-hybridized carbons (Fsp3) is 0.0625. The monoisotopic (exact) mass is 252 g/mol. The number of hydrogen-bond donors (Lipinski definition) is 0. The van der Waals surface area contributed by atoms with Crippen LogP contribution in [0, 0.1) is 6.92 Å². The molecule has 18 heavy (non-hydrogen) atoms. The van der Waals surface area contributed by atoms with Crippen LogP contribution in [0.1, 0.15) is 5.56 Å². The van der Waals surface area contributed by atoms with Crippen LogP contribution in [0.15, 0.2) is 59.4 Å². The first-order chi connectivity index (χ1) is 8.77. The van der Waals surface area contributed by atoms with E-state index in [1.165, 1.54) is 0 Å². The third kappa shape index (κ3) is 1.75. The Bertz CT molecular complexity index is 757. The fourth-order valence-corrected chi connectivity index (χ4v) is 3.24. The Morgan fingerprint density at radius 3 is 2.33 bits per heavy atom. The average Bonchev–Trinajstić information content (AvgIpc) is 2.44. The summed E-state index contributed by atoms with van der Waals surface area (Å²) in [4.78, 5) is 13.4. The minimum atomic E-state index is 0.142. The van der Waals surface area contributed by atoms with Crippen molar-refractivity contribution in [2.45, 2.75) is 6.92 Å². The largest absolute Gasteiger partial charge is 0.289 e. The smallest absolute Gasteiger partial charge is 0.191 e. The van der Waals surface area contributed by atoms with Gasteiger partial charge in [-0.25, -0.2) is 0 Å². The van der Waals surface area contributed by atoms with Crippen molar-refractivity contribution in [1.82, 2.24) is 0 Å². The Morgan fingerprint density at radius 2 is 1.56 bits per heavy atom. The zero-order valence-corrected chi connectivity index (χ0v) is 10.8. The van der Waals surface area contributed by atoms with Crippen LogP contribution >= 0.6 is 11.3 Å². The lowest BCUT2D eigenvalue weighted by Crippen LogP contribution is -2.05. The third-order valence-corrected chi connectivity index (χ3v) is 4.38. The molecule has 0 N–H and O–H groups in total. The molecule has 1 nitrogen and oxygen atoms in total. The summed E-state index contributed by atoms with van der Waals surface area (Å²) >= 11 is 1.68. The molecule has 3 rings (SSSR count). The molecule has 3 aromatic rings. The maximum atomic E-state index is 12.3. The topological polar surface area (TPSA) is 17.1 Å². The predicted octanol–water partition coefficient (Wildman–Crippen LogP) is 4.24. The molecule has 88 valence electrons. The highest BCUT2D eigenvalue weighted by molar-refractivity contribution is 7.21. The summed E-state index contributed by atoms with van der Waals surface area (Å²) < 4.78 is 1.05. The van der Waals surface area contributed by atoms with Gasteiger partial charge in [0.1, 0.15) is 0 Å². The Hall–Kier alpha value is -1.93. The normalized spacial score (nSPS) is 10.7. The lowest BCUT2D eigenvalue weighted by atomic mass is 10.1. The van der Waals surface area contributed by atoms with E-state index in [9.17, 15) is 4.79 Å². The first-order valence-corrected chi connectivity index (χ1v) is 6.67. The van der Waals surface area contributed by atoms with Gasteiger partial charge >= 0.3 is 0 Å². The van der Waals surface area contributed by atoms with Crippen LogP contribution < -0.4 is 5.43 Å². The van der Waals surface area contributed by atoms with Crippen LogP contribution in [0.2, 0.25) is 0 Å². The molecule has 0 atom stereocenters. The standard InChI is InChI=1S/C16H12OS/c1-11-15(17)13-9-5-6-10-14(13)18-16(11)12-7-3-2-4-8-12/h2-10H,1H3. The lowest BCUT2D eigenvalue weighted by Gasteiger charge is -2.06. The number of rotatable bonds is 1. The second kappa shape index (κ2) is 4.39. The van der Waals surface area contributed by atoms with E-state index in [4.69, 9.17) is 0 Å². The van der Waals surface area contributed by atoms with Crippen molar-refractivity contribution < 1.29 is 0 Å². The van der Waals surface area contributed by atoms with Gasteiger partial charge in [-0.1, -0.05) is 42.5 Å². The lowest BCUT2D eigenvalue weighted by molar-refractivity contribution is 1.46. The average molecular weight is 252 g/mol. The predicted molar refractivity (Wildman–Crippen MR) is 78.3 cm³/mol. The van der Waals surface area contributed by atoms with Gasteiger partial charge in [-0.15, -0.1) is 11.3 Å². The van der Waals surface area contributed by atoms with Crippen molar-refractivity contribution in [3.05, 3.63) is 70.4 Å². The van der Waals surface area contributed by atoms with Crippen LogP contribution in [0.25, 0.3) is 20.5 Å². The molecule has 0 unspecified atom stereocenters. The molecule has 0 spiro atoms. The molecule has 0 fully saturated rings. The van der Waals surface area contributed by atoms with Crippen molar-refractivity contribution in [3.63, 3.8) is 0 Å². The van der Waals surface area contributed by atoms with Gasteiger partial charge in [0.25, 0.3) is 0 Å². The Balaban J connectivity index is 2.38. The van der Waals surface area contributed by atoms with Crippen LogP contribution in [-0.2, 0) is 0 Å². The van der Waals surface area contributed by atoms with Gasteiger partial charge in [0.2, 0.25) is 0 Å². The van der Waals surface area contributed by atoms with Gasteiger partial charge in [0.05, 0.1) is 0 Å². The van der Waals surface area contributed by atoms with Crippen LogP contribution in [-0.4, -0.2) is 0 Å². The fourth-order valence-electron chi connectivity index (χ4n) is 2.10. The van der Waals surface area contributed by atoms with Crippen LogP contribution in [0.3, 0.4) is 0 Å². The van der Waals surface area contributed by atoms with E-state index in [0.717, 1.165) is 26.1 Å². The molecule has 0 bridgehead atoms. The molecule has 2 aromatic carbocycles. The second-order valence-electron chi connectivity index (χ2n) is 4.25. The van der Waals surface area contributed by atoms with Crippen molar-refractivity contribution >= 4 is 21.4 Å². The SMILES string of the molecule is Cc1c(-c2ccccc2)sc2ccccc2c1=O. The minimum absolute atomic E-state index is 0.142. The first-order valence-electron chi connectivity index (χ1n) is 5.85. The van der Waals surface area contributed by atoms with Crippen molar-refractivity contribution in [2.75, 3.05) is 0 Å². The van der Waals surface area contributed by atoms with Gasteiger partial charge in [-0.3, -0.25) is 4.79 Å². The number of benzene rings is 2. The van der Waals surface area contributed by atoms with E-state index in [-0.39, 0.29) is 5.43 Å². The van der Waals surface area contributed by atoms with E-state index >= 15 is 0 Å². The van der Waals surface area contributed by atoms with E-state index in [2.05, 4.69) is 0 Å². The molecular weight excluding hydrogens is 240 g/mol. The molecule has 0 amide bonds. The minimum Gasteiger partial charge on any atom is -0.289 e. The number of hydrogen-bond acceptors (Lipinski definition) is 2. The maximum Gasteiger partial charge on any atom is 0.191 e. The molecule has 1 heterocycles. The summed E-state index contributed by atoms with van der Waals surface area (Å²) in [6.07, 6.45) is 0.